The summed E-state index contributed by atoms with van der Waals surface area (Å²) < 4.78 is 15.9. The van der Waals surface area contributed by atoms with Gasteiger partial charge in [-0.15, -0.1) is 0 Å². The minimum atomic E-state index is -0.534. The number of nitrogens with two attached hydrogens (primary N) is 1. The zero-order valence-electron chi connectivity index (χ0n) is 15.8. The molecule has 0 aliphatic heterocycles. The smallest absolute Gasteiger partial charge is 0.331 e. The molecule has 1 heterocycles. The first-order valence-corrected chi connectivity index (χ1v) is 8.26. The van der Waals surface area contributed by atoms with Gasteiger partial charge in [0.05, 0.1) is 13.7 Å². The topological polar surface area (TPSA) is 113 Å². The molecule has 0 radical (unpaired) electrons. The lowest BCUT2D eigenvalue weighted by molar-refractivity contribution is -0.139. The highest BCUT2D eigenvalue weighted by atomic mass is 16.5. The van der Waals surface area contributed by atoms with E-state index < -0.39 is 5.97 Å². The third-order valence-corrected chi connectivity index (χ3v) is 3.33. The fourth-order valence-corrected chi connectivity index (χ4v) is 2.10. The summed E-state index contributed by atoms with van der Waals surface area (Å²) in [5.74, 6) is 1.43. The molecule has 144 valence electrons. The van der Waals surface area contributed by atoms with Crippen molar-refractivity contribution in [3.05, 3.63) is 35.7 Å². The highest BCUT2D eigenvalue weighted by Gasteiger charge is 2.08. The summed E-state index contributed by atoms with van der Waals surface area (Å²) in [6, 6.07) is 5.36. The molecule has 0 saturated carbocycles. The van der Waals surface area contributed by atoms with E-state index in [-0.39, 0.29) is 18.4 Å². The van der Waals surface area contributed by atoms with Crippen molar-refractivity contribution in [1.29, 1.82) is 0 Å². The Kier molecular flexibility index (Phi) is 6.93. The Morgan fingerprint density at radius 3 is 2.67 bits per heavy atom. The molecule has 0 aliphatic carbocycles. The monoisotopic (exact) mass is 373 g/mol. The van der Waals surface area contributed by atoms with E-state index in [0.29, 0.717) is 24.1 Å². The largest absolute Gasteiger partial charge is 0.493 e. The molecular formula is C18H23N5O4. The summed E-state index contributed by atoms with van der Waals surface area (Å²) in [7, 11) is 5.11. The molecule has 9 heteroatoms. The zero-order chi connectivity index (χ0) is 19.8. The number of benzene rings is 1. The first-order valence-electron chi connectivity index (χ1n) is 8.26. The van der Waals surface area contributed by atoms with Gasteiger partial charge in [0.1, 0.15) is 0 Å². The number of hydrogen-bond donors (Lipinski definition) is 1. The maximum absolute atomic E-state index is 11.9. The van der Waals surface area contributed by atoms with Gasteiger partial charge in [0.15, 0.2) is 23.9 Å². The van der Waals surface area contributed by atoms with Crippen molar-refractivity contribution < 1.29 is 19.0 Å². The summed E-state index contributed by atoms with van der Waals surface area (Å²) >= 11 is 0. The predicted molar refractivity (Wildman–Crippen MR) is 102 cm³/mol. The van der Waals surface area contributed by atoms with Crippen LogP contribution in [-0.2, 0) is 16.1 Å². The van der Waals surface area contributed by atoms with Crippen LogP contribution in [0.2, 0.25) is 0 Å². The lowest BCUT2D eigenvalue weighted by Crippen LogP contribution is -2.17. The van der Waals surface area contributed by atoms with Gasteiger partial charge in [0, 0.05) is 20.2 Å². The average Bonchev–Trinajstić information content (AvgIpc) is 2.65. The molecular weight excluding hydrogens is 350 g/mol. The van der Waals surface area contributed by atoms with Crippen molar-refractivity contribution in [1.82, 2.24) is 15.0 Å². The summed E-state index contributed by atoms with van der Waals surface area (Å²) in [4.78, 5) is 25.7. The normalized spacial score (nSPS) is 10.7. The van der Waals surface area contributed by atoms with Gasteiger partial charge in [-0.2, -0.15) is 15.0 Å². The van der Waals surface area contributed by atoms with Gasteiger partial charge in [0.2, 0.25) is 11.9 Å². The molecule has 0 aliphatic rings. The number of hydrogen-bond acceptors (Lipinski definition) is 9. The average molecular weight is 373 g/mol. The first-order chi connectivity index (χ1) is 12.9. The number of methoxy groups -OCH3 is 1. The van der Waals surface area contributed by atoms with Crippen molar-refractivity contribution in [2.45, 2.75) is 13.5 Å². The Hall–Kier alpha value is -3.36. The molecule has 9 nitrogen and oxygen atoms in total. The van der Waals surface area contributed by atoms with Gasteiger partial charge >= 0.3 is 5.97 Å². The van der Waals surface area contributed by atoms with Crippen LogP contribution in [-0.4, -0.2) is 48.7 Å². The van der Waals surface area contributed by atoms with Crippen LogP contribution >= 0.6 is 0 Å². The lowest BCUT2D eigenvalue weighted by Gasteiger charge is -2.11. The second-order valence-corrected chi connectivity index (χ2v) is 5.59. The quantitative estimate of drug-likeness (QED) is 0.545. The Bertz CT molecular complexity index is 823. The van der Waals surface area contributed by atoms with Gasteiger partial charge in [-0.25, -0.2) is 4.79 Å². The van der Waals surface area contributed by atoms with Gasteiger partial charge in [0.25, 0.3) is 0 Å². The number of anilines is 2. The standard InChI is InChI=1S/C18H23N5O4/c1-5-26-13-8-6-12(10-14(13)25-4)7-9-16(24)27-11-15-20-17(19)22-18(21-15)23(2)3/h6-10H,5,11H2,1-4H3,(H2,19,20,21,22)/b9-7+. The molecule has 0 amide bonds. The van der Waals surface area contributed by atoms with Crippen molar-refractivity contribution >= 4 is 23.9 Å². The number of carbonyl (C=O) groups is 1. The predicted octanol–water partition coefficient (Wildman–Crippen LogP) is 1.68. The van der Waals surface area contributed by atoms with E-state index in [4.69, 9.17) is 19.9 Å². The summed E-state index contributed by atoms with van der Waals surface area (Å²) in [6.45, 7) is 2.32. The third kappa shape index (κ3) is 5.84. The number of nitrogen functional groups attached to an aromatic ring is 1. The lowest BCUT2D eigenvalue weighted by atomic mass is 10.2. The van der Waals surface area contributed by atoms with Crippen LogP contribution in [0.4, 0.5) is 11.9 Å². The Morgan fingerprint density at radius 2 is 2.00 bits per heavy atom. The first kappa shape index (κ1) is 20.0. The molecule has 1 aromatic carbocycles. The Balaban J connectivity index is 1.99. The minimum Gasteiger partial charge on any atom is -0.493 e. The van der Waals surface area contributed by atoms with Crippen LogP contribution < -0.4 is 20.1 Å². The summed E-state index contributed by atoms with van der Waals surface area (Å²) in [6.07, 6.45) is 2.93. The molecule has 0 saturated heterocycles. The molecule has 0 spiro atoms. The molecule has 2 aromatic rings. The van der Waals surface area contributed by atoms with E-state index in [2.05, 4.69) is 15.0 Å². The summed E-state index contributed by atoms with van der Waals surface area (Å²) in [5.41, 5.74) is 6.40. The van der Waals surface area contributed by atoms with E-state index >= 15 is 0 Å². The van der Waals surface area contributed by atoms with Crippen LogP contribution in [0.5, 0.6) is 11.5 Å². The van der Waals surface area contributed by atoms with E-state index in [1.54, 1.807) is 44.3 Å². The van der Waals surface area contributed by atoms with Crippen LogP contribution in [0.3, 0.4) is 0 Å². The van der Waals surface area contributed by atoms with E-state index in [0.717, 1.165) is 5.56 Å². The summed E-state index contributed by atoms with van der Waals surface area (Å²) in [5, 5.41) is 0. The SMILES string of the molecule is CCOc1ccc(/C=C/C(=O)OCc2nc(N)nc(N(C)C)n2)cc1OC. The second-order valence-electron chi connectivity index (χ2n) is 5.59. The number of aromatic nitrogens is 3. The van der Waals surface area contributed by atoms with E-state index in [9.17, 15) is 4.79 Å². The van der Waals surface area contributed by atoms with Gasteiger partial charge < -0.3 is 24.8 Å². The number of nitrogens with zero attached hydrogens (tertiary/aromatic N) is 4. The van der Waals surface area contributed by atoms with Crippen LogP contribution in [0.15, 0.2) is 24.3 Å². The molecule has 1 aromatic heterocycles. The van der Waals surface area contributed by atoms with Crippen molar-refractivity contribution in [2.24, 2.45) is 0 Å². The molecule has 2 N–H and O–H groups in total. The van der Waals surface area contributed by atoms with Gasteiger partial charge in [-0.05, 0) is 30.7 Å². The highest BCUT2D eigenvalue weighted by Crippen LogP contribution is 2.28. The number of rotatable bonds is 8. The van der Waals surface area contributed by atoms with E-state index in [1.165, 1.54) is 6.08 Å². The van der Waals surface area contributed by atoms with Crippen molar-refractivity contribution in [2.75, 3.05) is 38.4 Å². The Morgan fingerprint density at radius 1 is 1.22 bits per heavy atom. The zero-order valence-corrected chi connectivity index (χ0v) is 15.8. The van der Waals surface area contributed by atoms with Crippen LogP contribution in [0.25, 0.3) is 6.08 Å². The van der Waals surface area contributed by atoms with Crippen molar-refractivity contribution in [3.8, 4) is 11.5 Å². The number of esters is 1. The van der Waals surface area contributed by atoms with Gasteiger partial charge in [-0.3, -0.25) is 0 Å². The molecule has 0 unspecified atom stereocenters. The highest BCUT2D eigenvalue weighted by molar-refractivity contribution is 5.87. The molecule has 2 rings (SSSR count). The minimum absolute atomic E-state index is 0.0665. The fraction of sp³-hybridized carbons (Fsp3) is 0.333. The fourth-order valence-electron chi connectivity index (χ4n) is 2.10. The van der Waals surface area contributed by atoms with Crippen molar-refractivity contribution in [3.63, 3.8) is 0 Å². The number of ether oxygens (including phenoxy) is 3. The molecule has 0 bridgehead atoms. The van der Waals surface area contributed by atoms with Gasteiger partial charge in [-0.1, -0.05) is 6.07 Å². The van der Waals surface area contributed by atoms with E-state index in [1.807, 2.05) is 13.0 Å². The van der Waals surface area contributed by atoms with Crippen LogP contribution in [0.1, 0.15) is 18.3 Å². The Labute approximate surface area is 157 Å². The maximum Gasteiger partial charge on any atom is 0.331 e. The second kappa shape index (κ2) is 9.37. The molecule has 27 heavy (non-hydrogen) atoms. The maximum atomic E-state index is 11.9. The van der Waals surface area contributed by atoms with Crippen LogP contribution in [0, 0.1) is 0 Å². The number of carbonyl (C=O) groups excluding carboxylic acids is 1. The molecule has 0 fully saturated rings. The molecule has 0 atom stereocenters. The third-order valence-electron chi connectivity index (χ3n) is 3.33.